The predicted molar refractivity (Wildman–Crippen MR) is 103 cm³/mol. The number of aromatic nitrogens is 3. The highest BCUT2D eigenvalue weighted by Gasteiger charge is 2.35. The van der Waals surface area contributed by atoms with Gasteiger partial charge in [0, 0.05) is 49.5 Å². The van der Waals surface area contributed by atoms with Gasteiger partial charge in [-0.2, -0.15) is 5.10 Å². The summed E-state index contributed by atoms with van der Waals surface area (Å²) in [6.45, 7) is 3.70. The third-order valence-corrected chi connectivity index (χ3v) is 5.42. The Morgan fingerprint density at radius 1 is 1.22 bits per heavy atom. The molecule has 6 heteroatoms. The molecule has 0 saturated carbocycles. The molecular weight excluding hydrogens is 340 g/mol. The average Bonchev–Trinajstić information content (AvgIpc) is 3.20. The number of hydrogen-bond donors (Lipinski definition) is 1. The van der Waals surface area contributed by atoms with E-state index in [1.54, 1.807) is 10.9 Å². The summed E-state index contributed by atoms with van der Waals surface area (Å²) in [6.07, 6.45) is 5.10. The minimum absolute atomic E-state index is 0.116. The Morgan fingerprint density at radius 3 is 2.78 bits per heavy atom. The highest BCUT2D eigenvalue weighted by molar-refractivity contribution is 5.80. The number of nitrogens with zero attached hydrogens (tertiary/aromatic N) is 4. The van der Waals surface area contributed by atoms with Crippen LogP contribution in [0.3, 0.4) is 0 Å². The average molecular weight is 364 g/mol. The van der Waals surface area contributed by atoms with Crippen molar-refractivity contribution in [3.05, 3.63) is 60.0 Å². The number of rotatable bonds is 4. The molecule has 0 radical (unpaired) electrons. The molecule has 0 bridgehead atoms. The number of aryl methyl sites for hydroxylation is 2. The number of fused-ring (bicyclic) bond motifs is 1. The third kappa shape index (κ3) is 3.71. The van der Waals surface area contributed by atoms with Crippen molar-refractivity contribution in [2.75, 3.05) is 13.1 Å². The first kappa shape index (κ1) is 17.7. The molecule has 1 fully saturated rings. The first-order valence-electron chi connectivity index (χ1n) is 9.39. The molecule has 0 atom stereocenters. The normalized spacial score (nSPS) is 16.6. The summed E-state index contributed by atoms with van der Waals surface area (Å²) < 4.78 is 1.77. The van der Waals surface area contributed by atoms with Crippen molar-refractivity contribution < 1.29 is 9.90 Å². The van der Waals surface area contributed by atoms with Crippen molar-refractivity contribution in [1.29, 1.82) is 0 Å². The second-order valence-corrected chi connectivity index (χ2v) is 7.29. The quantitative estimate of drug-likeness (QED) is 0.773. The Balaban J connectivity index is 1.41. The fourth-order valence-corrected chi connectivity index (χ4v) is 3.73. The monoisotopic (exact) mass is 364 g/mol. The van der Waals surface area contributed by atoms with Crippen molar-refractivity contribution in [3.63, 3.8) is 0 Å². The Kier molecular flexibility index (Phi) is 4.66. The van der Waals surface area contributed by atoms with E-state index in [-0.39, 0.29) is 5.91 Å². The molecule has 1 saturated heterocycles. The van der Waals surface area contributed by atoms with Crippen LogP contribution in [0.2, 0.25) is 0 Å². The van der Waals surface area contributed by atoms with Gasteiger partial charge in [0.2, 0.25) is 5.91 Å². The van der Waals surface area contributed by atoms with Gasteiger partial charge in [0.05, 0.1) is 11.1 Å². The van der Waals surface area contributed by atoms with Gasteiger partial charge < -0.3 is 10.0 Å². The second kappa shape index (κ2) is 7.12. The van der Waals surface area contributed by atoms with Crippen molar-refractivity contribution in [2.45, 2.75) is 38.3 Å². The van der Waals surface area contributed by atoms with Crippen LogP contribution in [0.25, 0.3) is 10.9 Å². The fourth-order valence-electron chi connectivity index (χ4n) is 3.73. The minimum atomic E-state index is -0.891. The van der Waals surface area contributed by atoms with Gasteiger partial charge in [-0.3, -0.25) is 14.5 Å². The maximum atomic E-state index is 12.4. The Labute approximate surface area is 158 Å². The lowest BCUT2D eigenvalue weighted by Gasteiger charge is -2.38. The number of likely N-dealkylation sites (tertiary alicyclic amines) is 1. The Hall–Kier alpha value is -2.73. The number of carbonyl (C=O) groups is 1. The molecule has 0 spiro atoms. The van der Waals surface area contributed by atoms with E-state index in [0.29, 0.717) is 38.9 Å². The molecule has 1 aliphatic rings. The number of aliphatic hydroxyl groups is 1. The number of pyridine rings is 1. The van der Waals surface area contributed by atoms with Crippen LogP contribution in [0.1, 0.15) is 30.5 Å². The molecule has 1 aliphatic heterocycles. The lowest BCUT2D eigenvalue weighted by atomic mass is 9.84. The topological polar surface area (TPSA) is 71.2 Å². The van der Waals surface area contributed by atoms with Gasteiger partial charge in [0.1, 0.15) is 0 Å². The summed E-state index contributed by atoms with van der Waals surface area (Å²) in [4.78, 5) is 18.8. The van der Waals surface area contributed by atoms with E-state index in [4.69, 9.17) is 0 Å². The summed E-state index contributed by atoms with van der Waals surface area (Å²) in [6, 6.07) is 11.8. The molecule has 6 nitrogen and oxygen atoms in total. The molecule has 1 amide bonds. The van der Waals surface area contributed by atoms with E-state index in [0.717, 1.165) is 22.2 Å². The van der Waals surface area contributed by atoms with Crippen LogP contribution in [-0.4, -0.2) is 43.8 Å². The summed E-state index contributed by atoms with van der Waals surface area (Å²) in [5.41, 5.74) is 1.94. The molecule has 0 unspecified atom stereocenters. The molecule has 3 heterocycles. The van der Waals surface area contributed by atoms with E-state index in [9.17, 15) is 9.90 Å². The first-order chi connectivity index (χ1) is 13.0. The van der Waals surface area contributed by atoms with Gasteiger partial charge >= 0.3 is 0 Å². The molecule has 27 heavy (non-hydrogen) atoms. The van der Waals surface area contributed by atoms with Crippen LogP contribution in [0.4, 0.5) is 0 Å². The van der Waals surface area contributed by atoms with Crippen LogP contribution in [0, 0.1) is 6.92 Å². The van der Waals surface area contributed by atoms with Gasteiger partial charge in [-0.05, 0) is 49.6 Å². The van der Waals surface area contributed by atoms with E-state index < -0.39 is 5.60 Å². The molecule has 0 aliphatic carbocycles. The van der Waals surface area contributed by atoms with Gasteiger partial charge in [-0.25, -0.2) is 0 Å². The van der Waals surface area contributed by atoms with E-state index >= 15 is 0 Å². The minimum Gasteiger partial charge on any atom is -0.385 e. The van der Waals surface area contributed by atoms with Crippen LogP contribution < -0.4 is 0 Å². The standard InChI is InChI=1S/C21H24N4O2/c1-16-3-4-17-15-18(5-6-19(17)23-16)21(27)8-13-24(14-9-21)20(26)7-12-25-11-2-10-22-25/h2-6,10-11,15,27H,7-9,12-14H2,1H3. The van der Waals surface area contributed by atoms with Crippen LogP contribution in [0.15, 0.2) is 48.8 Å². The highest BCUT2D eigenvalue weighted by Crippen LogP contribution is 2.34. The lowest BCUT2D eigenvalue weighted by Crippen LogP contribution is -2.45. The molecule has 140 valence electrons. The number of carbonyl (C=O) groups excluding carboxylic acids is 1. The highest BCUT2D eigenvalue weighted by atomic mass is 16.3. The lowest BCUT2D eigenvalue weighted by molar-refractivity contribution is -0.136. The maximum absolute atomic E-state index is 12.4. The molecule has 1 N–H and O–H groups in total. The van der Waals surface area contributed by atoms with Crippen LogP contribution in [-0.2, 0) is 16.9 Å². The molecular formula is C21H24N4O2. The van der Waals surface area contributed by atoms with Crippen molar-refractivity contribution in [3.8, 4) is 0 Å². The van der Waals surface area contributed by atoms with Gasteiger partial charge in [-0.15, -0.1) is 0 Å². The predicted octanol–water partition coefficient (Wildman–Crippen LogP) is 2.64. The maximum Gasteiger partial charge on any atom is 0.224 e. The van der Waals surface area contributed by atoms with E-state index in [2.05, 4.69) is 10.1 Å². The Bertz CT molecular complexity index is 944. The van der Waals surface area contributed by atoms with Crippen molar-refractivity contribution >= 4 is 16.8 Å². The fraction of sp³-hybridized carbons (Fsp3) is 0.381. The van der Waals surface area contributed by atoms with Crippen LogP contribution >= 0.6 is 0 Å². The summed E-state index contributed by atoms with van der Waals surface area (Å²) in [5, 5.41) is 16.3. The van der Waals surface area contributed by atoms with E-state index in [1.165, 1.54) is 0 Å². The zero-order chi connectivity index (χ0) is 18.9. The smallest absolute Gasteiger partial charge is 0.224 e. The van der Waals surface area contributed by atoms with Crippen molar-refractivity contribution in [2.24, 2.45) is 0 Å². The van der Waals surface area contributed by atoms with Crippen LogP contribution in [0.5, 0.6) is 0 Å². The molecule has 4 rings (SSSR count). The Morgan fingerprint density at radius 2 is 2.04 bits per heavy atom. The number of amides is 1. The number of piperidine rings is 1. The zero-order valence-corrected chi connectivity index (χ0v) is 15.5. The first-order valence-corrected chi connectivity index (χ1v) is 9.39. The SMILES string of the molecule is Cc1ccc2cc(C3(O)CCN(C(=O)CCn4cccn4)CC3)ccc2n1. The van der Waals surface area contributed by atoms with Crippen molar-refractivity contribution in [1.82, 2.24) is 19.7 Å². The van der Waals surface area contributed by atoms with Gasteiger partial charge in [0.25, 0.3) is 0 Å². The zero-order valence-electron chi connectivity index (χ0n) is 15.5. The second-order valence-electron chi connectivity index (χ2n) is 7.29. The largest absolute Gasteiger partial charge is 0.385 e. The number of benzene rings is 1. The number of hydrogen-bond acceptors (Lipinski definition) is 4. The summed E-state index contributed by atoms with van der Waals surface area (Å²) in [7, 11) is 0. The van der Waals surface area contributed by atoms with Gasteiger partial charge in [-0.1, -0.05) is 12.1 Å². The summed E-state index contributed by atoms with van der Waals surface area (Å²) >= 11 is 0. The summed E-state index contributed by atoms with van der Waals surface area (Å²) in [5.74, 6) is 0.116. The molecule has 2 aromatic heterocycles. The third-order valence-electron chi connectivity index (χ3n) is 5.42. The van der Waals surface area contributed by atoms with E-state index in [1.807, 2.05) is 54.4 Å². The molecule has 3 aromatic rings. The van der Waals surface area contributed by atoms with Gasteiger partial charge in [0.15, 0.2) is 0 Å². The molecule has 1 aromatic carbocycles.